The molecule has 0 bridgehead atoms. The molecular weight excluding hydrogens is 400 g/mol. The van der Waals surface area contributed by atoms with Crippen LogP contribution in [0.5, 0.6) is 0 Å². The molecule has 3 N–H and O–H groups in total. The average Bonchev–Trinajstić information content (AvgIpc) is 3.08. The molecule has 1 unspecified atom stereocenters. The minimum Gasteiger partial charge on any atom is -0.393 e. The summed E-state index contributed by atoms with van der Waals surface area (Å²) < 4.78 is 0. The number of anilines is 2. The molecule has 32 heavy (non-hydrogen) atoms. The SMILES string of the molecule is C#Cc1cnc(NCCC2C(=O)Cc3c(C)cccc32)nc1N[C@@H]1CC[C@H](O)C(C)(C)C1. The van der Waals surface area contributed by atoms with Gasteiger partial charge in [0.2, 0.25) is 5.95 Å². The molecule has 1 saturated carbocycles. The first-order valence-corrected chi connectivity index (χ1v) is 11.4. The molecule has 0 amide bonds. The Morgan fingerprint density at radius 1 is 1.31 bits per heavy atom. The van der Waals surface area contributed by atoms with E-state index in [1.165, 1.54) is 11.1 Å². The topological polar surface area (TPSA) is 87.1 Å². The molecule has 1 fully saturated rings. The predicted octanol–water partition coefficient (Wildman–Crippen LogP) is 3.83. The van der Waals surface area contributed by atoms with Crippen LogP contribution < -0.4 is 10.6 Å². The van der Waals surface area contributed by atoms with Crippen LogP contribution in [0.4, 0.5) is 11.8 Å². The summed E-state index contributed by atoms with van der Waals surface area (Å²) in [6.07, 6.45) is 10.7. The largest absolute Gasteiger partial charge is 0.393 e. The number of fused-ring (bicyclic) bond motifs is 1. The molecular formula is C26H32N4O2. The highest BCUT2D eigenvalue weighted by molar-refractivity contribution is 5.93. The van der Waals surface area contributed by atoms with Crippen molar-refractivity contribution in [3.63, 3.8) is 0 Å². The fourth-order valence-electron chi connectivity index (χ4n) is 5.03. The second kappa shape index (κ2) is 8.91. The summed E-state index contributed by atoms with van der Waals surface area (Å²) >= 11 is 0. The van der Waals surface area contributed by atoms with E-state index in [0.29, 0.717) is 36.7 Å². The Balaban J connectivity index is 1.41. The van der Waals surface area contributed by atoms with Gasteiger partial charge < -0.3 is 15.7 Å². The van der Waals surface area contributed by atoms with E-state index in [9.17, 15) is 9.90 Å². The van der Waals surface area contributed by atoms with Crippen LogP contribution >= 0.6 is 0 Å². The second-order valence-electron chi connectivity index (χ2n) is 9.78. The molecule has 4 rings (SSSR count). The highest BCUT2D eigenvalue weighted by Crippen LogP contribution is 2.37. The summed E-state index contributed by atoms with van der Waals surface area (Å²) in [5.74, 6) is 4.00. The van der Waals surface area contributed by atoms with Crippen LogP contribution in [0.15, 0.2) is 24.4 Å². The Morgan fingerprint density at radius 3 is 2.88 bits per heavy atom. The third-order valence-electron chi connectivity index (χ3n) is 7.03. The van der Waals surface area contributed by atoms with E-state index in [2.05, 4.69) is 59.4 Å². The van der Waals surface area contributed by atoms with Crippen molar-refractivity contribution in [2.75, 3.05) is 17.2 Å². The number of aryl methyl sites for hydroxylation is 1. The second-order valence-corrected chi connectivity index (χ2v) is 9.78. The van der Waals surface area contributed by atoms with Crippen molar-refractivity contribution >= 4 is 17.5 Å². The number of nitrogens with zero attached hydrogens (tertiary/aromatic N) is 2. The number of hydrogen-bond acceptors (Lipinski definition) is 6. The van der Waals surface area contributed by atoms with Crippen molar-refractivity contribution in [3.05, 3.63) is 46.6 Å². The number of Topliss-reactive ketones (excluding diaryl/α,β-unsaturated/α-hetero) is 1. The van der Waals surface area contributed by atoms with Gasteiger partial charge >= 0.3 is 0 Å². The van der Waals surface area contributed by atoms with Crippen LogP contribution in [0.1, 0.15) is 67.7 Å². The number of rotatable bonds is 6. The van der Waals surface area contributed by atoms with Gasteiger partial charge in [0.15, 0.2) is 0 Å². The van der Waals surface area contributed by atoms with Crippen LogP contribution in [0, 0.1) is 24.7 Å². The van der Waals surface area contributed by atoms with Crippen molar-refractivity contribution in [1.29, 1.82) is 0 Å². The third-order valence-corrected chi connectivity index (χ3v) is 7.03. The number of terminal acetylenes is 1. The lowest BCUT2D eigenvalue weighted by atomic mass is 9.73. The van der Waals surface area contributed by atoms with Gasteiger partial charge in [0.25, 0.3) is 0 Å². The zero-order chi connectivity index (χ0) is 22.9. The molecule has 1 heterocycles. The Hall–Kier alpha value is -2.91. The molecule has 0 aliphatic heterocycles. The number of aromatic nitrogens is 2. The van der Waals surface area contributed by atoms with Crippen LogP contribution in [0.2, 0.25) is 0 Å². The maximum Gasteiger partial charge on any atom is 0.224 e. The van der Waals surface area contributed by atoms with E-state index in [0.717, 1.165) is 24.8 Å². The number of aliphatic hydroxyl groups excluding tert-OH is 1. The standard InChI is InChI=1S/C26H32N4O2/c1-5-17-15-28-25(30-24(17)29-18-9-10-23(32)26(3,4)14-18)27-12-11-20-19-8-6-7-16(2)21(19)13-22(20)31/h1,6-8,15,18,20,23,32H,9-14H2,2-4H3,(H2,27,28,29,30)/t18-,20?,23+/m1/s1. The van der Waals surface area contributed by atoms with E-state index in [4.69, 9.17) is 6.42 Å². The molecule has 1 aromatic heterocycles. The highest BCUT2D eigenvalue weighted by atomic mass is 16.3. The van der Waals surface area contributed by atoms with Crippen LogP contribution in [-0.4, -0.2) is 39.5 Å². The molecule has 0 saturated heterocycles. The lowest BCUT2D eigenvalue weighted by Gasteiger charge is -2.40. The first-order valence-electron chi connectivity index (χ1n) is 11.4. The van der Waals surface area contributed by atoms with Crippen molar-refractivity contribution < 1.29 is 9.90 Å². The van der Waals surface area contributed by atoms with Crippen molar-refractivity contribution in [2.45, 2.75) is 70.9 Å². The quantitative estimate of drug-likeness (QED) is 0.602. The fraction of sp³-hybridized carbons (Fsp3) is 0.500. The van der Waals surface area contributed by atoms with Crippen LogP contribution in [0.3, 0.4) is 0 Å². The van der Waals surface area contributed by atoms with Gasteiger partial charge in [0.05, 0.1) is 17.9 Å². The molecule has 6 nitrogen and oxygen atoms in total. The number of benzene rings is 1. The molecule has 3 atom stereocenters. The predicted molar refractivity (Wildman–Crippen MR) is 127 cm³/mol. The highest BCUT2D eigenvalue weighted by Gasteiger charge is 2.36. The van der Waals surface area contributed by atoms with Crippen molar-refractivity contribution in [3.8, 4) is 12.3 Å². The molecule has 0 radical (unpaired) electrons. The lowest BCUT2D eigenvalue weighted by Crippen LogP contribution is -2.41. The van der Waals surface area contributed by atoms with E-state index >= 15 is 0 Å². The first-order chi connectivity index (χ1) is 15.3. The zero-order valence-corrected chi connectivity index (χ0v) is 19.1. The van der Waals surface area contributed by atoms with Crippen molar-refractivity contribution in [1.82, 2.24) is 9.97 Å². The lowest BCUT2D eigenvalue weighted by molar-refractivity contribution is -0.119. The number of nitrogens with one attached hydrogen (secondary N) is 2. The molecule has 2 aliphatic rings. The third kappa shape index (κ3) is 4.49. The summed E-state index contributed by atoms with van der Waals surface area (Å²) in [5, 5.41) is 17.0. The van der Waals surface area contributed by atoms with E-state index in [1.54, 1.807) is 6.20 Å². The van der Waals surface area contributed by atoms with Gasteiger partial charge in [-0.15, -0.1) is 6.42 Å². The average molecular weight is 433 g/mol. The van der Waals surface area contributed by atoms with Crippen LogP contribution in [-0.2, 0) is 11.2 Å². The Labute approximate surface area is 190 Å². The number of ketones is 1. The Morgan fingerprint density at radius 2 is 2.12 bits per heavy atom. The van der Waals surface area contributed by atoms with Gasteiger partial charge in [0.1, 0.15) is 11.6 Å². The maximum atomic E-state index is 12.6. The van der Waals surface area contributed by atoms with Gasteiger partial charge in [-0.1, -0.05) is 38.0 Å². The Bertz CT molecular complexity index is 1060. The maximum absolute atomic E-state index is 12.6. The van der Waals surface area contributed by atoms with Gasteiger partial charge in [-0.25, -0.2) is 4.98 Å². The molecule has 6 heteroatoms. The molecule has 1 aromatic carbocycles. The van der Waals surface area contributed by atoms with Gasteiger partial charge in [-0.2, -0.15) is 4.98 Å². The number of aliphatic hydroxyl groups is 1. The summed E-state index contributed by atoms with van der Waals surface area (Å²) in [5.41, 5.74) is 4.00. The molecule has 2 aliphatic carbocycles. The smallest absolute Gasteiger partial charge is 0.224 e. The molecule has 2 aromatic rings. The zero-order valence-electron chi connectivity index (χ0n) is 19.1. The number of carbonyl (C=O) groups is 1. The van der Waals surface area contributed by atoms with E-state index in [1.807, 2.05) is 6.07 Å². The van der Waals surface area contributed by atoms with Gasteiger partial charge in [-0.3, -0.25) is 4.79 Å². The number of carbonyl (C=O) groups excluding carboxylic acids is 1. The minimum absolute atomic E-state index is 0.0733. The normalized spacial score (nSPS) is 24.0. The summed E-state index contributed by atoms with van der Waals surface area (Å²) in [7, 11) is 0. The first kappa shape index (κ1) is 22.3. The molecule has 168 valence electrons. The van der Waals surface area contributed by atoms with Gasteiger partial charge in [-0.05, 0) is 54.7 Å². The van der Waals surface area contributed by atoms with Gasteiger partial charge in [0, 0.05) is 24.9 Å². The van der Waals surface area contributed by atoms with Crippen LogP contribution in [0.25, 0.3) is 0 Å². The number of hydrogen-bond donors (Lipinski definition) is 3. The summed E-state index contributed by atoms with van der Waals surface area (Å²) in [4.78, 5) is 21.5. The minimum atomic E-state index is -0.289. The Kier molecular flexibility index (Phi) is 6.21. The molecule has 0 spiro atoms. The van der Waals surface area contributed by atoms with E-state index < -0.39 is 0 Å². The van der Waals surface area contributed by atoms with Crippen molar-refractivity contribution in [2.24, 2.45) is 5.41 Å². The van der Waals surface area contributed by atoms with E-state index in [-0.39, 0.29) is 29.3 Å². The summed E-state index contributed by atoms with van der Waals surface area (Å²) in [6, 6.07) is 6.36. The monoisotopic (exact) mass is 432 g/mol. The summed E-state index contributed by atoms with van der Waals surface area (Å²) in [6.45, 7) is 6.84. The fourth-order valence-corrected chi connectivity index (χ4v) is 5.03.